The van der Waals surface area contributed by atoms with Crippen LogP contribution in [0, 0.1) is 11.3 Å². The molecule has 19 heavy (non-hydrogen) atoms. The number of nitrogens with zero attached hydrogens (tertiary/aromatic N) is 2. The number of hydrogen-bond donors (Lipinski definition) is 0. The van der Waals surface area contributed by atoms with Gasteiger partial charge in [-0.3, -0.25) is 4.79 Å². The number of carbonyl (C=O) groups is 1. The summed E-state index contributed by atoms with van der Waals surface area (Å²) in [4.78, 5) is 15.9. The largest absolute Gasteiger partial charge is 0.343 e. The Morgan fingerprint density at radius 1 is 1.21 bits per heavy atom. The van der Waals surface area contributed by atoms with Crippen molar-refractivity contribution in [3.05, 3.63) is 0 Å². The molecular weight excluding hydrogens is 236 g/mol. The summed E-state index contributed by atoms with van der Waals surface area (Å²) in [6.45, 7) is 8.36. The highest BCUT2D eigenvalue weighted by atomic mass is 16.2. The van der Waals surface area contributed by atoms with Gasteiger partial charge in [-0.1, -0.05) is 6.92 Å². The van der Waals surface area contributed by atoms with Crippen molar-refractivity contribution in [2.75, 3.05) is 33.2 Å². The molecule has 1 amide bonds. The van der Waals surface area contributed by atoms with E-state index in [0.717, 1.165) is 25.6 Å². The highest BCUT2D eigenvalue weighted by molar-refractivity contribution is 5.73. The molecule has 0 bridgehead atoms. The maximum absolute atomic E-state index is 11.4. The molecule has 0 unspecified atom stereocenters. The number of piperidine rings is 1. The third-order valence-electron chi connectivity index (χ3n) is 5.54. The fourth-order valence-corrected chi connectivity index (χ4v) is 3.84. The Morgan fingerprint density at radius 2 is 1.79 bits per heavy atom. The highest BCUT2D eigenvalue weighted by Gasteiger charge is 2.38. The van der Waals surface area contributed by atoms with Gasteiger partial charge >= 0.3 is 0 Å². The molecular formula is C16H30N2O. The van der Waals surface area contributed by atoms with Crippen molar-refractivity contribution in [2.45, 2.75) is 52.4 Å². The first-order chi connectivity index (χ1) is 9.04. The normalized spacial score (nSPS) is 24.1. The zero-order valence-corrected chi connectivity index (χ0v) is 13.0. The summed E-state index contributed by atoms with van der Waals surface area (Å²) in [7, 11) is 2.23. The van der Waals surface area contributed by atoms with Gasteiger partial charge in [-0.05, 0) is 63.5 Å². The van der Waals surface area contributed by atoms with Crippen molar-refractivity contribution in [3.8, 4) is 0 Å². The Kier molecular flexibility index (Phi) is 4.88. The Bertz CT molecular complexity index is 298. The zero-order valence-electron chi connectivity index (χ0n) is 13.0. The molecule has 0 aromatic heterocycles. The van der Waals surface area contributed by atoms with Crippen LogP contribution in [0.2, 0.25) is 0 Å². The molecule has 3 heteroatoms. The number of hydrogen-bond acceptors (Lipinski definition) is 2. The molecule has 0 N–H and O–H groups in total. The van der Waals surface area contributed by atoms with E-state index in [9.17, 15) is 4.79 Å². The van der Waals surface area contributed by atoms with Crippen LogP contribution in [0.5, 0.6) is 0 Å². The first-order valence-corrected chi connectivity index (χ1v) is 7.99. The minimum Gasteiger partial charge on any atom is -0.343 e. The van der Waals surface area contributed by atoms with Gasteiger partial charge in [-0.2, -0.15) is 0 Å². The zero-order chi connectivity index (χ0) is 13.9. The minimum atomic E-state index is 0.258. The van der Waals surface area contributed by atoms with Crippen molar-refractivity contribution in [3.63, 3.8) is 0 Å². The molecule has 0 aromatic rings. The third-order valence-corrected chi connectivity index (χ3v) is 5.54. The number of likely N-dealkylation sites (tertiary alicyclic amines) is 1. The van der Waals surface area contributed by atoms with Crippen LogP contribution in [-0.2, 0) is 4.79 Å². The van der Waals surface area contributed by atoms with E-state index in [4.69, 9.17) is 0 Å². The van der Waals surface area contributed by atoms with Crippen molar-refractivity contribution < 1.29 is 4.79 Å². The van der Waals surface area contributed by atoms with Crippen molar-refractivity contribution >= 4 is 5.91 Å². The monoisotopic (exact) mass is 266 g/mol. The van der Waals surface area contributed by atoms with Crippen molar-refractivity contribution in [1.82, 2.24) is 9.80 Å². The van der Waals surface area contributed by atoms with Gasteiger partial charge in [-0.15, -0.1) is 0 Å². The van der Waals surface area contributed by atoms with Crippen LogP contribution < -0.4 is 0 Å². The summed E-state index contributed by atoms with van der Waals surface area (Å²) in [5.41, 5.74) is 0.577. The first-order valence-electron chi connectivity index (χ1n) is 7.99. The molecule has 0 radical (unpaired) electrons. The van der Waals surface area contributed by atoms with Crippen LogP contribution in [0.4, 0.5) is 0 Å². The van der Waals surface area contributed by atoms with Crippen LogP contribution in [0.25, 0.3) is 0 Å². The number of rotatable bonds is 3. The van der Waals surface area contributed by atoms with E-state index in [0.29, 0.717) is 5.41 Å². The van der Waals surface area contributed by atoms with Crippen LogP contribution in [-0.4, -0.2) is 48.9 Å². The second kappa shape index (κ2) is 6.25. The van der Waals surface area contributed by atoms with Crippen LogP contribution >= 0.6 is 0 Å². The molecule has 1 spiro atoms. The van der Waals surface area contributed by atoms with Gasteiger partial charge in [0.2, 0.25) is 5.91 Å². The molecule has 1 saturated carbocycles. The van der Waals surface area contributed by atoms with Gasteiger partial charge in [0.15, 0.2) is 0 Å². The van der Waals surface area contributed by atoms with E-state index >= 15 is 0 Å². The fraction of sp³-hybridized carbons (Fsp3) is 0.938. The topological polar surface area (TPSA) is 23.6 Å². The molecule has 2 aliphatic rings. The standard InChI is InChI=1S/C16H30N2O/c1-4-17(3)13-15-5-7-16(8-6-15)9-11-18(12-10-16)14(2)19/h15H,4-13H2,1-3H3. The minimum absolute atomic E-state index is 0.258. The van der Waals surface area contributed by atoms with Crippen molar-refractivity contribution in [1.29, 1.82) is 0 Å². The average molecular weight is 266 g/mol. The van der Waals surface area contributed by atoms with E-state index < -0.39 is 0 Å². The van der Waals surface area contributed by atoms with E-state index in [1.165, 1.54) is 45.1 Å². The van der Waals surface area contributed by atoms with Crippen LogP contribution in [0.1, 0.15) is 52.4 Å². The molecule has 3 nitrogen and oxygen atoms in total. The summed E-state index contributed by atoms with van der Waals surface area (Å²) < 4.78 is 0. The molecule has 110 valence electrons. The average Bonchev–Trinajstić information content (AvgIpc) is 2.42. The Labute approximate surface area is 118 Å². The molecule has 1 aliphatic heterocycles. The summed E-state index contributed by atoms with van der Waals surface area (Å²) in [5.74, 6) is 1.16. The second-order valence-electron chi connectivity index (χ2n) is 6.80. The maximum atomic E-state index is 11.4. The summed E-state index contributed by atoms with van der Waals surface area (Å²) in [5, 5.41) is 0. The lowest BCUT2D eigenvalue weighted by molar-refractivity contribution is -0.131. The van der Waals surface area contributed by atoms with E-state index in [1.54, 1.807) is 6.92 Å². The summed E-state index contributed by atoms with van der Waals surface area (Å²) >= 11 is 0. The fourth-order valence-electron chi connectivity index (χ4n) is 3.84. The number of amides is 1. The lowest BCUT2D eigenvalue weighted by Gasteiger charge is -2.46. The van der Waals surface area contributed by atoms with E-state index in [-0.39, 0.29) is 5.91 Å². The van der Waals surface area contributed by atoms with Gasteiger partial charge in [0.05, 0.1) is 0 Å². The molecule has 1 aliphatic carbocycles. The lowest BCUT2D eigenvalue weighted by Crippen LogP contribution is -2.44. The molecule has 2 fully saturated rings. The molecule has 1 heterocycles. The van der Waals surface area contributed by atoms with Crippen molar-refractivity contribution in [2.24, 2.45) is 11.3 Å². The molecule has 0 atom stereocenters. The highest BCUT2D eigenvalue weighted by Crippen LogP contribution is 2.46. The maximum Gasteiger partial charge on any atom is 0.219 e. The number of carbonyl (C=O) groups excluding carboxylic acids is 1. The SMILES string of the molecule is CCN(C)CC1CCC2(CC1)CCN(C(C)=O)CC2. The van der Waals surface area contributed by atoms with Crippen LogP contribution in [0.15, 0.2) is 0 Å². The van der Waals surface area contributed by atoms with Crippen LogP contribution in [0.3, 0.4) is 0 Å². The van der Waals surface area contributed by atoms with E-state index in [2.05, 4.69) is 18.9 Å². The Hall–Kier alpha value is -0.570. The van der Waals surface area contributed by atoms with E-state index in [1.807, 2.05) is 4.90 Å². The predicted octanol–water partition coefficient (Wildman–Crippen LogP) is 2.76. The quantitative estimate of drug-likeness (QED) is 0.784. The summed E-state index contributed by atoms with van der Waals surface area (Å²) in [6.07, 6.45) is 8.04. The second-order valence-corrected chi connectivity index (χ2v) is 6.80. The molecule has 2 rings (SSSR count). The first kappa shape index (κ1) is 14.8. The molecule has 1 saturated heterocycles. The van der Waals surface area contributed by atoms with Gasteiger partial charge in [-0.25, -0.2) is 0 Å². The van der Waals surface area contributed by atoms with Gasteiger partial charge in [0, 0.05) is 26.6 Å². The Morgan fingerprint density at radius 3 is 2.26 bits per heavy atom. The molecule has 0 aromatic carbocycles. The van der Waals surface area contributed by atoms with Gasteiger partial charge < -0.3 is 9.80 Å². The lowest BCUT2D eigenvalue weighted by atomic mass is 9.65. The predicted molar refractivity (Wildman–Crippen MR) is 79.1 cm³/mol. The van der Waals surface area contributed by atoms with Gasteiger partial charge in [0.1, 0.15) is 0 Å². The smallest absolute Gasteiger partial charge is 0.219 e. The van der Waals surface area contributed by atoms with Gasteiger partial charge in [0.25, 0.3) is 0 Å². The third kappa shape index (κ3) is 3.71. The summed E-state index contributed by atoms with van der Waals surface area (Å²) in [6, 6.07) is 0. The Balaban J connectivity index is 1.78.